The zero-order chi connectivity index (χ0) is 12.8. The molecule has 2 aromatic heterocycles. The third-order valence-electron chi connectivity index (χ3n) is 3.11. The topological polar surface area (TPSA) is 80.9 Å². The highest BCUT2D eigenvalue weighted by Gasteiger charge is 2.51. The highest BCUT2D eigenvalue weighted by atomic mass is 79.9. The number of hydrogen-bond acceptors (Lipinski definition) is 5. The molecule has 8 heteroatoms. The van der Waals surface area contributed by atoms with Crippen molar-refractivity contribution in [1.82, 2.24) is 20.2 Å². The molecule has 94 valence electrons. The van der Waals surface area contributed by atoms with Gasteiger partial charge in [0.2, 0.25) is 0 Å². The monoisotopic (exact) mass is 328 g/mol. The van der Waals surface area contributed by atoms with Crippen molar-refractivity contribution in [3.8, 4) is 10.7 Å². The van der Waals surface area contributed by atoms with Gasteiger partial charge in [0.25, 0.3) is 0 Å². The molecule has 0 amide bonds. The van der Waals surface area contributed by atoms with Crippen LogP contribution < -0.4 is 0 Å². The average Bonchev–Trinajstić information content (AvgIpc) is 2.77. The SMILES string of the molecule is O=C(O)C1(Cn2nnnc2-c2sccc2Br)CC1. The molecule has 0 bridgehead atoms. The fourth-order valence-electron chi connectivity index (χ4n) is 1.80. The number of aliphatic carboxylic acids is 1. The van der Waals surface area contributed by atoms with E-state index in [-0.39, 0.29) is 0 Å². The second-order valence-electron chi connectivity index (χ2n) is 4.34. The first kappa shape index (κ1) is 11.8. The lowest BCUT2D eigenvalue weighted by atomic mass is 10.1. The Morgan fingerprint density at radius 2 is 2.39 bits per heavy atom. The van der Waals surface area contributed by atoms with Gasteiger partial charge in [-0.1, -0.05) is 0 Å². The summed E-state index contributed by atoms with van der Waals surface area (Å²) in [6.07, 6.45) is 1.38. The Morgan fingerprint density at radius 3 is 2.94 bits per heavy atom. The van der Waals surface area contributed by atoms with E-state index in [0.29, 0.717) is 25.2 Å². The van der Waals surface area contributed by atoms with E-state index in [1.54, 1.807) is 4.68 Å². The molecule has 18 heavy (non-hydrogen) atoms. The third kappa shape index (κ3) is 1.85. The third-order valence-corrected chi connectivity index (χ3v) is 4.95. The molecule has 1 fully saturated rings. The maximum absolute atomic E-state index is 11.2. The van der Waals surface area contributed by atoms with Crippen LogP contribution in [0.15, 0.2) is 15.9 Å². The van der Waals surface area contributed by atoms with Crippen molar-refractivity contribution in [2.45, 2.75) is 19.4 Å². The van der Waals surface area contributed by atoms with E-state index >= 15 is 0 Å². The van der Waals surface area contributed by atoms with Crippen LogP contribution in [0.2, 0.25) is 0 Å². The minimum absolute atomic E-state index is 0.328. The second-order valence-corrected chi connectivity index (χ2v) is 6.11. The number of carbonyl (C=O) groups is 1. The van der Waals surface area contributed by atoms with E-state index in [1.807, 2.05) is 11.4 Å². The van der Waals surface area contributed by atoms with Gasteiger partial charge in [0, 0.05) is 4.47 Å². The lowest BCUT2D eigenvalue weighted by molar-refractivity contribution is -0.144. The Kier molecular flexibility index (Phi) is 2.70. The second kappa shape index (κ2) is 4.13. The molecule has 3 rings (SSSR count). The van der Waals surface area contributed by atoms with Crippen LogP contribution in [0.5, 0.6) is 0 Å². The summed E-state index contributed by atoms with van der Waals surface area (Å²) in [4.78, 5) is 12.1. The average molecular weight is 329 g/mol. The fourth-order valence-corrected chi connectivity index (χ4v) is 3.34. The van der Waals surface area contributed by atoms with Gasteiger partial charge in [0.05, 0.1) is 16.8 Å². The standard InChI is InChI=1S/C10H9BrN4O2S/c11-6-1-4-18-7(6)8-12-13-14-15(8)5-10(2-3-10)9(16)17/h1,4H,2-3,5H2,(H,16,17). The molecular formula is C10H9BrN4O2S. The van der Waals surface area contributed by atoms with Gasteiger partial charge in [0.15, 0.2) is 5.82 Å². The summed E-state index contributed by atoms with van der Waals surface area (Å²) in [5.74, 6) is -0.154. The van der Waals surface area contributed by atoms with Gasteiger partial charge in [-0.25, -0.2) is 4.68 Å². The molecule has 2 heterocycles. The normalized spacial score (nSPS) is 16.7. The maximum atomic E-state index is 11.2. The molecule has 0 radical (unpaired) electrons. The molecule has 1 aliphatic carbocycles. The number of carboxylic acid groups (broad SMARTS) is 1. The predicted molar refractivity (Wildman–Crippen MR) is 68.1 cm³/mol. The van der Waals surface area contributed by atoms with Gasteiger partial charge in [0.1, 0.15) is 0 Å². The smallest absolute Gasteiger partial charge is 0.311 e. The zero-order valence-corrected chi connectivity index (χ0v) is 11.6. The summed E-state index contributed by atoms with van der Waals surface area (Å²) >= 11 is 4.95. The molecule has 0 saturated heterocycles. The van der Waals surface area contributed by atoms with Gasteiger partial charge < -0.3 is 5.11 Å². The van der Waals surface area contributed by atoms with Crippen LogP contribution in [0.25, 0.3) is 10.7 Å². The number of nitrogens with zero attached hydrogens (tertiary/aromatic N) is 4. The number of thiophene rings is 1. The maximum Gasteiger partial charge on any atom is 0.311 e. The molecule has 2 aromatic rings. The molecule has 1 aliphatic rings. The number of rotatable bonds is 4. The van der Waals surface area contributed by atoms with Gasteiger partial charge >= 0.3 is 5.97 Å². The van der Waals surface area contributed by atoms with Crippen LogP contribution in [0.3, 0.4) is 0 Å². The Hall–Kier alpha value is -1.28. The number of aromatic nitrogens is 4. The van der Waals surface area contributed by atoms with E-state index in [2.05, 4.69) is 31.5 Å². The van der Waals surface area contributed by atoms with Crippen LogP contribution in [0, 0.1) is 5.41 Å². The highest BCUT2D eigenvalue weighted by Crippen LogP contribution is 2.47. The molecule has 0 aromatic carbocycles. The van der Waals surface area contributed by atoms with Crippen LogP contribution in [-0.4, -0.2) is 31.3 Å². The molecule has 0 aliphatic heterocycles. The van der Waals surface area contributed by atoms with Crippen molar-refractivity contribution >= 4 is 33.2 Å². The van der Waals surface area contributed by atoms with Crippen molar-refractivity contribution in [3.63, 3.8) is 0 Å². The first-order valence-electron chi connectivity index (χ1n) is 5.35. The van der Waals surface area contributed by atoms with Crippen LogP contribution in [-0.2, 0) is 11.3 Å². The first-order valence-corrected chi connectivity index (χ1v) is 7.03. The number of halogens is 1. The summed E-state index contributed by atoms with van der Waals surface area (Å²) in [7, 11) is 0. The number of hydrogen-bond donors (Lipinski definition) is 1. The molecule has 6 nitrogen and oxygen atoms in total. The summed E-state index contributed by atoms with van der Waals surface area (Å²) in [5, 5.41) is 22.6. The Bertz CT molecular complexity index is 605. The summed E-state index contributed by atoms with van der Waals surface area (Å²) < 4.78 is 2.50. The van der Waals surface area contributed by atoms with E-state index in [1.165, 1.54) is 11.3 Å². The first-order chi connectivity index (χ1) is 8.62. The Balaban J connectivity index is 1.94. The summed E-state index contributed by atoms with van der Waals surface area (Å²) in [5.41, 5.74) is -0.673. The van der Waals surface area contributed by atoms with E-state index < -0.39 is 11.4 Å². The zero-order valence-electron chi connectivity index (χ0n) is 9.21. The minimum atomic E-state index is -0.769. The Morgan fingerprint density at radius 1 is 1.61 bits per heavy atom. The van der Waals surface area contributed by atoms with Crippen LogP contribution in [0.4, 0.5) is 0 Å². The van der Waals surface area contributed by atoms with Crippen LogP contribution in [0.1, 0.15) is 12.8 Å². The largest absolute Gasteiger partial charge is 0.481 e. The lowest BCUT2D eigenvalue weighted by Gasteiger charge is -2.10. The highest BCUT2D eigenvalue weighted by molar-refractivity contribution is 9.10. The van der Waals surface area contributed by atoms with E-state index in [0.717, 1.165) is 9.35 Å². The van der Waals surface area contributed by atoms with Crippen molar-refractivity contribution < 1.29 is 9.90 Å². The molecule has 1 N–H and O–H groups in total. The van der Waals surface area contributed by atoms with Gasteiger partial charge in [-0.3, -0.25) is 4.79 Å². The minimum Gasteiger partial charge on any atom is -0.481 e. The van der Waals surface area contributed by atoms with Gasteiger partial charge in [-0.05, 0) is 50.6 Å². The number of carboxylic acids is 1. The molecule has 1 saturated carbocycles. The van der Waals surface area contributed by atoms with Gasteiger partial charge in [-0.15, -0.1) is 16.4 Å². The quantitative estimate of drug-likeness (QED) is 0.928. The predicted octanol–water partition coefficient (Wildman–Crippen LogP) is 2.03. The lowest BCUT2D eigenvalue weighted by Crippen LogP contribution is -2.22. The van der Waals surface area contributed by atoms with Crippen molar-refractivity contribution in [1.29, 1.82) is 0 Å². The number of tetrazole rings is 1. The molecular weight excluding hydrogens is 320 g/mol. The van der Waals surface area contributed by atoms with E-state index in [4.69, 9.17) is 0 Å². The molecule has 0 unspecified atom stereocenters. The molecule has 0 atom stereocenters. The molecule has 0 spiro atoms. The fraction of sp³-hybridized carbons (Fsp3) is 0.400. The van der Waals surface area contributed by atoms with Gasteiger partial charge in [-0.2, -0.15) is 0 Å². The van der Waals surface area contributed by atoms with E-state index in [9.17, 15) is 9.90 Å². The summed E-state index contributed by atoms with van der Waals surface area (Å²) in [6, 6.07) is 1.92. The Labute approximate surface area is 115 Å². The van der Waals surface area contributed by atoms with Crippen LogP contribution >= 0.6 is 27.3 Å². The van der Waals surface area contributed by atoms with Crippen molar-refractivity contribution in [3.05, 3.63) is 15.9 Å². The summed E-state index contributed by atoms with van der Waals surface area (Å²) in [6.45, 7) is 0.328. The van der Waals surface area contributed by atoms with Crippen molar-refractivity contribution in [2.24, 2.45) is 5.41 Å². The van der Waals surface area contributed by atoms with Crippen molar-refractivity contribution in [2.75, 3.05) is 0 Å².